The highest BCUT2D eigenvalue weighted by molar-refractivity contribution is 5.05. The van der Waals surface area contributed by atoms with E-state index in [-0.39, 0.29) is 0 Å². The molecule has 8 heavy (non-hydrogen) atoms. The van der Waals surface area contributed by atoms with Gasteiger partial charge in [0.1, 0.15) is 0 Å². The Balaban J connectivity index is 2.51. The lowest BCUT2D eigenvalue weighted by Crippen LogP contribution is -2.08. The van der Waals surface area contributed by atoms with E-state index in [1.54, 1.807) is 0 Å². The summed E-state index contributed by atoms with van der Waals surface area (Å²) >= 11 is 0. The largest absolute Gasteiger partial charge is 0.103 e. The number of hydrogen-bond acceptors (Lipinski definition) is 0. The minimum absolute atomic E-state index is 0.830. The Morgan fingerprint density at radius 2 is 1.38 bits per heavy atom. The molecule has 0 N–H and O–H groups in total. The molecule has 0 fully saturated rings. The molecule has 0 heteroatoms. The lowest BCUT2D eigenvalue weighted by Gasteiger charge is -2.17. The van der Waals surface area contributed by atoms with Crippen molar-refractivity contribution in [2.24, 2.45) is 11.8 Å². The zero-order valence-corrected chi connectivity index (χ0v) is 5.57. The quantitative estimate of drug-likeness (QED) is 0.417. The molecule has 0 nitrogen and oxygen atoms in total. The second-order valence-electron chi connectivity index (χ2n) is 2.72. The minimum Gasteiger partial charge on any atom is -0.103 e. The van der Waals surface area contributed by atoms with E-state index in [1.807, 2.05) is 0 Å². The minimum atomic E-state index is 0.830. The maximum Gasteiger partial charge on any atom is 0.0117 e. The molecule has 0 bridgehead atoms. The molecule has 0 heterocycles. The van der Waals surface area contributed by atoms with Gasteiger partial charge in [0, 0.05) is 12.8 Å². The van der Waals surface area contributed by atoms with Gasteiger partial charge < -0.3 is 0 Å². The molecule has 0 saturated heterocycles. The molecule has 0 saturated carbocycles. The van der Waals surface area contributed by atoms with Crippen molar-refractivity contribution in [2.45, 2.75) is 26.7 Å². The van der Waals surface area contributed by atoms with Crippen LogP contribution >= 0.6 is 0 Å². The molecular weight excluding hydrogens is 96.1 g/mol. The smallest absolute Gasteiger partial charge is 0.0117 e. The molecule has 0 aromatic heterocycles. The Kier molecular flexibility index (Phi) is 1.58. The van der Waals surface area contributed by atoms with Gasteiger partial charge in [-0.25, -0.2) is 0 Å². The molecule has 1 aliphatic carbocycles. The summed E-state index contributed by atoms with van der Waals surface area (Å²) in [6.45, 7) is 4.55. The lowest BCUT2D eigenvalue weighted by molar-refractivity contribution is 0.394. The van der Waals surface area contributed by atoms with Gasteiger partial charge in [-0.05, 0) is 11.8 Å². The molecule has 1 unspecified atom stereocenters. The second kappa shape index (κ2) is 2.22. The highest BCUT2D eigenvalue weighted by Gasteiger charge is 2.11. The fraction of sp³-hybridized carbons (Fsp3) is 0.750. The summed E-state index contributed by atoms with van der Waals surface area (Å²) in [5.74, 6) is 7.89. The van der Waals surface area contributed by atoms with Crippen molar-refractivity contribution in [1.29, 1.82) is 0 Å². The second-order valence-corrected chi connectivity index (χ2v) is 2.72. The van der Waals surface area contributed by atoms with Crippen LogP contribution < -0.4 is 0 Å². The third-order valence-corrected chi connectivity index (χ3v) is 1.94. The maximum absolute atomic E-state index is 3.11. The number of hydrogen-bond donors (Lipinski definition) is 0. The van der Waals surface area contributed by atoms with Crippen LogP contribution in [0.15, 0.2) is 0 Å². The third kappa shape index (κ3) is 1.04. The van der Waals surface area contributed by atoms with E-state index in [9.17, 15) is 0 Å². The fourth-order valence-corrected chi connectivity index (χ4v) is 0.869. The predicted octanol–water partition coefficient (Wildman–Crippen LogP) is 2.06. The molecular formula is C8H12. The van der Waals surface area contributed by atoms with Crippen molar-refractivity contribution in [3.8, 4) is 11.8 Å². The van der Waals surface area contributed by atoms with Crippen molar-refractivity contribution in [3.63, 3.8) is 0 Å². The van der Waals surface area contributed by atoms with Crippen molar-refractivity contribution in [3.05, 3.63) is 0 Å². The van der Waals surface area contributed by atoms with Crippen molar-refractivity contribution in [2.75, 3.05) is 0 Å². The molecule has 0 radical (unpaired) electrons. The van der Waals surface area contributed by atoms with Gasteiger partial charge >= 0.3 is 0 Å². The summed E-state index contributed by atoms with van der Waals surface area (Å²) in [5.41, 5.74) is 0. The summed E-state index contributed by atoms with van der Waals surface area (Å²) in [4.78, 5) is 0. The van der Waals surface area contributed by atoms with Gasteiger partial charge in [-0.1, -0.05) is 13.8 Å². The van der Waals surface area contributed by atoms with Gasteiger partial charge in [0.05, 0.1) is 0 Å². The lowest BCUT2D eigenvalue weighted by atomic mass is 9.88. The van der Waals surface area contributed by atoms with Crippen LogP contribution in [0.1, 0.15) is 26.7 Å². The molecule has 0 aromatic rings. The fourth-order valence-electron chi connectivity index (χ4n) is 0.869. The van der Waals surface area contributed by atoms with E-state index in [0.29, 0.717) is 0 Å². The van der Waals surface area contributed by atoms with Gasteiger partial charge in [0.25, 0.3) is 0 Å². The third-order valence-electron chi connectivity index (χ3n) is 1.94. The van der Waals surface area contributed by atoms with Crippen molar-refractivity contribution in [1.82, 2.24) is 0 Å². The van der Waals surface area contributed by atoms with Crippen LogP contribution in [0.25, 0.3) is 0 Å². The van der Waals surface area contributed by atoms with Gasteiger partial charge in [0.15, 0.2) is 0 Å². The van der Waals surface area contributed by atoms with Crippen LogP contribution in [-0.2, 0) is 0 Å². The zero-order chi connectivity index (χ0) is 5.98. The molecule has 1 rings (SSSR count). The summed E-state index contributed by atoms with van der Waals surface area (Å²) in [6.07, 6.45) is 2.22. The van der Waals surface area contributed by atoms with Crippen molar-refractivity contribution >= 4 is 0 Å². The topological polar surface area (TPSA) is 0 Å². The van der Waals surface area contributed by atoms with E-state index in [0.717, 1.165) is 24.7 Å². The summed E-state index contributed by atoms with van der Waals surface area (Å²) in [7, 11) is 0. The van der Waals surface area contributed by atoms with Crippen LogP contribution in [0, 0.1) is 23.7 Å². The first-order valence-corrected chi connectivity index (χ1v) is 3.26. The Morgan fingerprint density at radius 3 is 1.62 bits per heavy atom. The average Bonchev–Trinajstić information content (AvgIpc) is 1.77. The summed E-state index contributed by atoms with van der Waals surface area (Å²) in [5, 5.41) is 0. The molecule has 44 valence electrons. The standard InChI is InChI=1S/C8H12/c1-7-5-3-4-6-8(7)2/h7-8H,5-6H2,1-2H3/t7-,8?/m0/s1. The Bertz CT molecular complexity index is 111. The van der Waals surface area contributed by atoms with Crippen LogP contribution in [0.5, 0.6) is 0 Å². The summed E-state index contributed by atoms with van der Waals surface area (Å²) < 4.78 is 0. The molecule has 0 amide bonds. The first-order valence-electron chi connectivity index (χ1n) is 3.26. The molecule has 0 aliphatic heterocycles. The molecule has 1 aliphatic rings. The van der Waals surface area contributed by atoms with Crippen LogP contribution in [0.2, 0.25) is 0 Å². The monoisotopic (exact) mass is 108 g/mol. The van der Waals surface area contributed by atoms with Gasteiger partial charge in [-0.15, -0.1) is 11.8 Å². The van der Waals surface area contributed by atoms with Gasteiger partial charge in [-0.3, -0.25) is 0 Å². The van der Waals surface area contributed by atoms with E-state index in [2.05, 4.69) is 25.7 Å². The van der Waals surface area contributed by atoms with E-state index >= 15 is 0 Å². The van der Waals surface area contributed by atoms with Gasteiger partial charge in [-0.2, -0.15) is 0 Å². The van der Waals surface area contributed by atoms with Crippen LogP contribution in [0.3, 0.4) is 0 Å². The zero-order valence-electron chi connectivity index (χ0n) is 5.57. The van der Waals surface area contributed by atoms with E-state index < -0.39 is 0 Å². The SMILES string of the molecule is CC1CC#CC[C@@H]1C. The predicted molar refractivity (Wildman–Crippen MR) is 35.3 cm³/mol. The highest BCUT2D eigenvalue weighted by Crippen LogP contribution is 2.19. The van der Waals surface area contributed by atoms with Crippen molar-refractivity contribution < 1.29 is 0 Å². The van der Waals surface area contributed by atoms with E-state index in [4.69, 9.17) is 0 Å². The first-order chi connectivity index (χ1) is 3.80. The molecule has 0 spiro atoms. The van der Waals surface area contributed by atoms with Crippen LogP contribution in [0.4, 0.5) is 0 Å². The molecule has 0 aromatic carbocycles. The Morgan fingerprint density at radius 1 is 1.00 bits per heavy atom. The van der Waals surface area contributed by atoms with Crippen LogP contribution in [-0.4, -0.2) is 0 Å². The Labute approximate surface area is 51.3 Å². The van der Waals surface area contributed by atoms with Gasteiger partial charge in [0.2, 0.25) is 0 Å². The average molecular weight is 108 g/mol. The van der Waals surface area contributed by atoms with E-state index in [1.165, 1.54) is 0 Å². The normalized spacial score (nSPS) is 35.8. The summed E-state index contributed by atoms with van der Waals surface area (Å²) in [6, 6.07) is 0. The highest BCUT2D eigenvalue weighted by atomic mass is 14.2. The maximum atomic E-state index is 3.11. The molecule has 2 atom stereocenters. The Hall–Kier alpha value is -0.440. The first kappa shape index (κ1) is 5.69. The number of rotatable bonds is 0.